The smallest absolute Gasteiger partial charge is 0.234 e. The third-order valence-corrected chi connectivity index (χ3v) is 6.13. The highest BCUT2D eigenvalue weighted by molar-refractivity contribution is 8.00. The van der Waals surface area contributed by atoms with Gasteiger partial charge in [0.15, 0.2) is 0 Å². The van der Waals surface area contributed by atoms with Crippen LogP contribution in [0.1, 0.15) is 33.6 Å². The Balaban J connectivity index is 1.74. The second-order valence-corrected chi connectivity index (χ2v) is 8.34. The van der Waals surface area contributed by atoms with Gasteiger partial charge in [0.25, 0.3) is 0 Å². The Morgan fingerprint density at radius 3 is 2.18 bits per heavy atom. The first kappa shape index (κ1) is 20.2. The van der Waals surface area contributed by atoms with Crippen LogP contribution in [0.4, 0.5) is 5.69 Å². The lowest BCUT2D eigenvalue weighted by Crippen LogP contribution is -2.15. The fourth-order valence-electron chi connectivity index (χ4n) is 3.47. The van der Waals surface area contributed by atoms with E-state index in [2.05, 4.69) is 62.4 Å². The molecule has 1 aromatic heterocycles. The molecule has 0 atom stereocenters. The highest BCUT2D eigenvalue weighted by Gasteiger charge is 2.16. The summed E-state index contributed by atoms with van der Waals surface area (Å²) in [6.07, 6.45) is 0. The molecule has 0 aliphatic carbocycles. The van der Waals surface area contributed by atoms with Crippen LogP contribution in [0.15, 0.2) is 41.3 Å². The number of amides is 1. The molecule has 0 spiro atoms. The first-order valence-corrected chi connectivity index (χ1v) is 10.4. The van der Waals surface area contributed by atoms with Crippen LogP contribution in [0.3, 0.4) is 0 Å². The number of nitrogens with one attached hydrogen (secondary N) is 1. The van der Waals surface area contributed by atoms with Crippen molar-refractivity contribution in [1.82, 2.24) is 9.78 Å². The maximum Gasteiger partial charge on any atom is 0.234 e. The van der Waals surface area contributed by atoms with Gasteiger partial charge in [-0.05, 0) is 64.8 Å². The molecule has 0 radical (unpaired) electrons. The molecule has 0 bridgehead atoms. The van der Waals surface area contributed by atoms with Crippen LogP contribution in [0.2, 0.25) is 0 Å². The average molecular weight is 394 g/mol. The summed E-state index contributed by atoms with van der Waals surface area (Å²) in [6.45, 7) is 12.3. The zero-order valence-electron chi connectivity index (χ0n) is 17.4. The maximum absolute atomic E-state index is 12.6. The SMILES string of the molecule is Cc1ccc(-n2nc(C)c(NC(=O)CSc3c(C)cc(C)cc3C)c2C)cc1. The van der Waals surface area contributed by atoms with Crippen LogP contribution in [0.25, 0.3) is 5.69 Å². The molecule has 4 nitrogen and oxygen atoms in total. The number of hydrogen-bond donors (Lipinski definition) is 1. The van der Waals surface area contributed by atoms with E-state index in [-0.39, 0.29) is 5.91 Å². The molecule has 3 aromatic rings. The van der Waals surface area contributed by atoms with Gasteiger partial charge in [-0.3, -0.25) is 4.79 Å². The average Bonchev–Trinajstić information content (AvgIpc) is 2.89. The van der Waals surface area contributed by atoms with Crippen molar-refractivity contribution in [2.75, 3.05) is 11.1 Å². The summed E-state index contributed by atoms with van der Waals surface area (Å²) in [6, 6.07) is 12.5. The summed E-state index contributed by atoms with van der Waals surface area (Å²) in [5, 5.41) is 7.67. The van der Waals surface area contributed by atoms with Crippen LogP contribution in [-0.4, -0.2) is 21.4 Å². The number of benzene rings is 2. The number of thioether (sulfide) groups is 1. The maximum atomic E-state index is 12.6. The van der Waals surface area contributed by atoms with Crippen molar-refractivity contribution in [2.45, 2.75) is 46.4 Å². The Morgan fingerprint density at radius 1 is 0.964 bits per heavy atom. The predicted octanol–water partition coefficient (Wildman–Crippen LogP) is 5.45. The van der Waals surface area contributed by atoms with Crippen LogP contribution in [0.5, 0.6) is 0 Å². The van der Waals surface area contributed by atoms with E-state index >= 15 is 0 Å². The number of anilines is 1. The van der Waals surface area contributed by atoms with E-state index in [1.54, 1.807) is 11.8 Å². The molecule has 0 unspecified atom stereocenters. The van der Waals surface area contributed by atoms with E-state index in [1.807, 2.05) is 30.7 Å². The van der Waals surface area contributed by atoms with E-state index < -0.39 is 0 Å². The Morgan fingerprint density at radius 2 is 1.57 bits per heavy atom. The van der Waals surface area contributed by atoms with Crippen molar-refractivity contribution < 1.29 is 4.79 Å². The summed E-state index contributed by atoms with van der Waals surface area (Å²) in [5.41, 5.74) is 8.43. The first-order valence-electron chi connectivity index (χ1n) is 9.40. The topological polar surface area (TPSA) is 46.9 Å². The molecule has 3 rings (SSSR count). The van der Waals surface area contributed by atoms with E-state index in [1.165, 1.54) is 27.1 Å². The Kier molecular flexibility index (Phi) is 5.94. The number of hydrogen-bond acceptors (Lipinski definition) is 3. The lowest BCUT2D eigenvalue weighted by atomic mass is 10.1. The summed E-state index contributed by atoms with van der Waals surface area (Å²) in [5.74, 6) is 0.360. The number of aromatic nitrogens is 2. The Hall–Kier alpha value is -2.53. The van der Waals surface area contributed by atoms with Crippen molar-refractivity contribution in [2.24, 2.45) is 0 Å². The monoisotopic (exact) mass is 393 g/mol. The molecule has 28 heavy (non-hydrogen) atoms. The van der Waals surface area contributed by atoms with Gasteiger partial charge in [-0.1, -0.05) is 35.4 Å². The third-order valence-electron chi connectivity index (χ3n) is 4.79. The lowest BCUT2D eigenvalue weighted by molar-refractivity contribution is -0.113. The zero-order valence-corrected chi connectivity index (χ0v) is 18.2. The van der Waals surface area contributed by atoms with Crippen LogP contribution < -0.4 is 5.32 Å². The molecule has 1 amide bonds. The van der Waals surface area contributed by atoms with Gasteiger partial charge in [-0.15, -0.1) is 11.8 Å². The molecule has 2 aromatic carbocycles. The highest BCUT2D eigenvalue weighted by atomic mass is 32.2. The fraction of sp³-hybridized carbons (Fsp3) is 0.304. The van der Waals surface area contributed by atoms with Gasteiger partial charge in [-0.25, -0.2) is 4.68 Å². The largest absolute Gasteiger partial charge is 0.322 e. The molecule has 0 saturated carbocycles. The van der Waals surface area contributed by atoms with Gasteiger partial charge in [-0.2, -0.15) is 5.10 Å². The van der Waals surface area contributed by atoms with Crippen LogP contribution >= 0.6 is 11.8 Å². The molecular formula is C23H27N3OS. The molecule has 1 N–H and O–H groups in total. The van der Waals surface area contributed by atoms with Gasteiger partial charge >= 0.3 is 0 Å². The molecule has 146 valence electrons. The van der Waals surface area contributed by atoms with Crippen LogP contribution in [0, 0.1) is 41.5 Å². The minimum atomic E-state index is -0.0148. The van der Waals surface area contributed by atoms with Gasteiger partial charge < -0.3 is 5.32 Å². The summed E-state index contributed by atoms with van der Waals surface area (Å²) < 4.78 is 1.88. The Bertz CT molecular complexity index is 996. The number of aryl methyl sites for hydroxylation is 5. The Labute approximate surface area is 171 Å². The van der Waals surface area contributed by atoms with E-state index in [0.717, 1.165) is 22.8 Å². The lowest BCUT2D eigenvalue weighted by Gasteiger charge is -2.11. The van der Waals surface area contributed by atoms with Crippen LogP contribution in [-0.2, 0) is 4.79 Å². The van der Waals surface area contributed by atoms with Gasteiger partial charge in [0.2, 0.25) is 5.91 Å². The van der Waals surface area contributed by atoms with Crippen molar-refractivity contribution in [3.8, 4) is 5.69 Å². The minimum Gasteiger partial charge on any atom is -0.322 e. The predicted molar refractivity (Wildman–Crippen MR) is 118 cm³/mol. The normalized spacial score (nSPS) is 10.9. The molecule has 1 heterocycles. The molecule has 0 aliphatic heterocycles. The van der Waals surface area contributed by atoms with Crippen molar-refractivity contribution >= 4 is 23.4 Å². The number of carbonyl (C=O) groups is 1. The standard InChI is InChI=1S/C23H27N3OS/c1-14-7-9-20(10-8-14)26-19(6)22(18(5)25-26)24-21(27)13-28-23-16(3)11-15(2)12-17(23)4/h7-12H,13H2,1-6H3,(H,24,27). The molecule has 0 saturated heterocycles. The van der Waals surface area contributed by atoms with E-state index in [9.17, 15) is 4.79 Å². The quantitative estimate of drug-likeness (QED) is 0.586. The summed E-state index contributed by atoms with van der Waals surface area (Å²) in [4.78, 5) is 13.8. The first-order chi connectivity index (χ1) is 13.3. The molecular weight excluding hydrogens is 366 g/mol. The third kappa shape index (κ3) is 4.30. The highest BCUT2D eigenvalue weighted by Crippen LogP contribution is 2.28. The van der Waals surface area contributed by atoms with E-state index in [4.69, 9.17) is 0 Å². The zero-order chi connectivity index (χ0) is 20.4. The minimum absolute atomic E-state index is 0.0148. The molecule has 5 heteroatoms. The number of carbonyl (C=O) groups excluding carboxylic acids is 1. The van der Waals surface area contributed by atoms with Gasteiger partial charge in [0.05, 0.1) is 28.5 Å². The number of nitrogens with zero attached hydrogens (tertiary/aromatic N) is 2. The van der Waals surface area contributed by atoms with Crippen molar-refractivity contribution in [3.05, 3.63) is 70.0 Å². The summed E-state index contributed by atoms with van der Waals surface area (Å²) >= 11 is 1.59. The molecule has 0 fully saturated rings. The number of rotatable bonds is 5. The van der Waals surface area contributed by atoms with Crippen molar-refractivity contribution in [3.63, 3.8) is 0 Å². The van der Waals surface area contributed by atoms with E-state index in [0.29, 0.717) is 5.75 Å². The summed E-state index contributed by atoms with van der Waals surface area (Å²) in [7, 11) is 0. The molecule has 0 aliphatic rings. The second-order valence-electron chi connectivity index (χ2n) is 7.36. The van der Waals surface area contributed by atoms with Crippen molar-refractivity contribution in [1.29, 1.82) is 0 Å². The fourth-order valence-corrected chi connectivity index (χ4v) is 4.39. The van der Waals surface area contributed by atoms with Gasteiger partial charge in [0.1, 0.15) is 0 Å². The van der Waals surface area contributed by atoms with Gasteiger partial charge in [0, 0.05) is 4.90 Å². The second kappa shape index (κ2) is 8.23.